The summed E-state index contributed by atoms with van der Waals surface area (Å²) >= 11 is 0. The Hall–Kier alpha value is -4.18. The monoisotopic (exact) mass is 664 g/mol. The Kier molecular flexibility index (Phi) is 8.48. The van der Waals surface area contributed by atoms with E-state index in [1.54, 1.807) is 0 Å². The fraction of sp³-hybridized carbons (Fsp3) is 0.435. The minimum absolute atomic E-state index is 0.396. The number of hydrogen-bond acceptors (Lipinski definition) is 4. The second-order valence-electron chi connectivity index (χ2n) is 15.9. The molecule has 4 aromatic carbocycles. The Morgan fingerprint density at radius 2 is 0.500 bits per heavy atom. The van der Waals surface area contributed by atoms with Crippen LogP contribution in [0.1, 0.15) is 95.9 Å². The summed E-state index contributed by atoms with van der Waals surface area (Å²) < 4.78 is 0. The van der Waals surface area contributed by atoms with E-state index in [-0.39, 0.29) is 0 Å². The average molecular weight is 665 g/mol. The maximum atomic E-state index is 2.87. The lowest BCUT2D eigenvalue weighted by Crippen LogP contribution is -2.40. The van der Waals surface area contributed by atoms with E-state index in [1.807, 2.05) is 0 Å². The number of anilines is 4. The van der Waals surface area contributed by atoms with Gasteiger partial charge in [-0.1, -0.05) is 98.5 Å². The van der Waals surface area contributed by atoms with Crippen LogP contribution in [0.3, 0.4) is 0 Å². The summed E-state index contributed by atoms with van der Waals surface area (Å²) in [4.78, 5) is 11.5. The van der Waals surface area contributed by atoms with E-state index < -0.39 is 0 Å². The van der Waals surface area contributed by atoms with Gasteiger partial charge in [0.05, 0.1) is 24.2 Å². The Morgan fingerprint density at radius 3 is 0.680 bits per heavy atom. The topological polar surface area (TPSA) is 13.0 Å². The van der Waals surface area contributed by atoms with Gasteiger partial charge in [-0.15, -0.1) is 0 Å². The highest BCUT2D eigenvalue weighted by Gasteiger charge is 2.55. The van der Waals surface area contributed by atoms with Crippen LogP contribution in [0.25, 0.3) is 0 Å². The van der Waals surface area contributed by atoms with Crippen LogP contribution in [0.2, 0.25) is 0 Å². The van der Waals surface area contributed by atoms with Crippen LogP contribution in [-0.4, -0.2) is 24.2 Å². The molecule has 0 amide bonds. The minimum Gasteiger partial charge on any atom is -0.319 e. The van der Waals surface area contributed by atoms with Crippen LogP contribution in [0.15, 0.2) is 84.4 Å². The van der Waals surface area contributed by atoms with Crippen molar-refractivity contribution in [1.82, 2.24) is 0 Å². The van der Waals surface area contributed by atoms with Gasteiger partial charge in [0.2, 0.25) is 0 Å². The SMILES string of the molecule is Cc1cccc(C)c1N1C(=C2N(c3c(C)cccc3C)C3CCCCC3N2c2c(C)cccc2C)N(c2c(C)cccc2C)C2CCCCC21. The first-order valence-electron chi connectivity index (χ1n) is 19.3. The Labute approximate surface area is 301 Å². The quantitative estimate of drug-likeness (QED) is 0.215. The van der Waals surface area contributed by atoms with Crippen molar-refractivity contribution >= 4 is 22.7 Å². The smallest absolute Gasteiger partial charge is 0.156 e. The molecule has 4 aromatic rings. The first-order chi connectivity index (χ1) is 24.2. The van der Waals surface area contributed by atoms with Gasteiger partial charge in [0, 0.05) is 22.7 Å². The molecule has 0 spiro atoms. The van der Waals surface area contributed by atoms with Crippen molar-refractivity contribution in [3.8, 4) is 0 Å². The molecule has 2 saturated heterocycles. The van der Waals surface area contributed by atoms with Crippen LogP contribution in [-0.2, 0) is 0 Å². The number of benzene rings is 4. The van der Waals surface area contributed by atoms with Gasteiger partial charge in [0.15, 0.2) is 11.6 Å². The zero-order valence-electron chi connectivity index (χ0n) is 31.7. The number of hydrogen-bond donors (Lipinski definition) is 0. The second-order valence-corrected chi connectivity index (χ2v) is 15.9. The Bertz CT molecular complexity index is 1610. The number of rotatable bonds is 4. The van der Waals surface area contributed by atoms with Gasteiger partial charge in [-0.2, -0.15) is 0 Å². The normalized spacial score (nSPS) is 23.5. The van der Waals surface area contributed by atoms with Crippen LogP contribution in [0, 0.1) is 55.4 Å². The third kappa shape index (κ3) is 5.08. The van der Waals surface area contributed by atoms with E-state index in [2.05, 4.69) is 148 Å². The van der Waals surface area contributed by atoms with Crippen LogP contribution >= 0.6 is 0 Å². The van der Waals surface area contributed by atoms with Gasteiger partial charge in [0.25, 0.3) is 0 Å². The highest BCUT2D eigenvalue weighted by molar-refractivity contribution is 5.82. The molecule has 2 aliphatic carbocycles. The summed E-state index contributed by atoms with van der Waals surface area (Å²) in [5.41, 5.74) is 16.5. The standard InChI is InChI=1S/C46H56N4/c1-29-17-13-18-30(2)41(29)47-37-25-9-10-26-38(37)48(42-31(3)19-14-20-32(42)4)45(47)46-49(43-33(5)21-15-22-34(43)6)39-27-11-12-28-40(39)50(46)44-35(7)23-16-24-36(44)8/h13-24,37-40H,9-12,25-28H2,1-8H3. The molecule has 4 nitrogen and oxygen atoms in total. The van der Waals surface area contributed by atoms with Crippen LogP contribution < -0.4 is 19.6 Å². The van der Waals surface area contributed by atoms with Crippen molar-refractivity contribution in [2.75, 3.05) is 19.6 Å². The molecule has 0 N–H and O–H groups in total. The van der Waals surface area contributed by atoms with Crippen molar-refractivity contribution in [2.45, 2.75) is 131 Å². The molecule has 2 heterocycles. The lowest BCUT2D eigenvalue weighted by atomic mass is 9.89. The van der Waals surface area contributed by atoms with Crippen molar-refractivity contribution in [3.05, 3.63) is 129 Å². The number of fused-ring (bicyclic) bond motifs is 2. The summed E-state index contributed by atoms with van der Waals surface area (Å²) in [5.74, 6) is 2.77. The predicted molar refractivity (Wildman–Crippen MR) is 213 cm³/mol. The summed E-state index contributed by atoms with van der Waals surface area (Å²) in [6.07, 6.45) is 9.92. The predicted octanol–water partition coefficient (Wildman–Crippen LogP) is 11.3. The van der Waals surface area contributed by atoms with E-state index in [0.29, 0.717) is 24.2 Å². The lowest BCUT2D eigenvalue weighted by Gasteiger charge is -2.38. The molecule has 4 atom stereocenters. The number of nitrogens with zero attached hydrogens (tertiary/aromatic N) is 4. The van der Waals surface area contributed by atoms with Crippen molar-refractivity contribution in [2.24, 2.45) is 0 Å². The van der Waals surface area contributed by atoms with Gasteiger partial charge >= 0.3 is 0 Å². The Balaban J connectivity index is 1.57. The molecule has 2 aliphatic heterocycles. The lowest BCUT2D eigenvalue weighted by molar-refractivity contribution is 0.408. The molecule has 260 valence electrons. The molecule has 4 aliphatic rings. The Morgan fingerprint density at radius 1 is 0.320 bits per heavy atom. The maximum absolute atomic E-state index is 2.87. The van der Waals surface area contributed by atoms with E-state index >= 15 is 0 Å². The molecule has 4 unspecified atom stereocenters. The van der Waals surface area contributed by atoms with Crippen LogP contribution in [0.4, 0.5) is 22.7 Å². The molecular formula is C46H56N4. The van der Waals surface area contributed by atoms with Crippen molar-refractivity contribution in [3.63, 3.8) is 0 Å². The highest BCUT2D eigenvalue weighted by atomic mass is 15.5. The van der Waals surface area contributed by atoms with Gasteiger partial charge in [0.1, 0.15) is 0 Å². The van der Waals surface area contributed by atoms with Crippen molar-refractivity contribution in [1.29, 1.82) is 0 Å². The van der Waals surface area contributed by atoms with Gasteiger partial charge < -0.3 is 19.6 Å². The van der Waals surface area contributed by atoms with E-state index in [4.69, 9.17) is 0 Å². The molecule has 4 heteroatoms. The van der Waals surface area contributed by atoms with Crippen LogP contribution in [0.5, 0.6) is 0 Å². The summed E-state index contributed by atoms with van der Waals surface area (Å²) in [6.45, 7) is 18.7. The molecule has 8 rings (SSSR count). The fourth-order valence-corrected chi connectivity index (χ4v) is 10.5. The zero-order valence-corrected chi connectivity index (χ0v) is 31.7. The molecule has 50 heavy (non-hydrogen) atoms. The number of aryl methyl sites for hydroxylation is 8. The molecule has 0 aromatic heterocycles. The van der Waals surface area contributed by atoms with E-state index in [0.717, 1.165) is 0 Å². The third-order valence-corrected chi connectivity index (χ3v) is 12.5. The third-order valence-electron chi connectivity index (χ3n) is 12.5. The van der Waals surface area contributed by atoms with Gasteiger partial charge in [-0.3, -0.25) is 0 Å². The first-order valence-corrected chi connectivity index (χ1v) is 19.3. The summed E-state index contributed by atoms with van der Waals surface area (Å²) in [5, 5.41) is 0. The summed E-state index contributed by atoms with van der Waals surface area (Å²) in [6, 6.07) is 29.3. The molecule has 2 saturated carbocycles. The van der Waals surface area contributed by atoms with Gasteiger partial charge in [-0.25, -0.2) is 0 Å². The molecular weight excluding hydrogens is 609 g/mol. The first kappa shape index (κ1) is 33.0. The van der Waals surface area contributed by atoms with E-state index in [9.17, 15) is 0 Å². The van der Waals surface area contributed by atoms with Crippen molar-refractivity contribution < 1.29 is 0 Å². The van der Waals surface area contributed by atoms with Gasteiger partial charge in [-0.05, 0) is 126 Å². The minimum atomic E-state index is 0.396. The van der Waals surface area contributed by atoms with E-state index in [1.165, 1.54) is 130 Å². The molecule has 0 bridgehead atoms. The highest BCUT2D eigenvalue weighted by Crippen LogP contribution is 2.54. The fourth-order valence-electron chi connectivity index (χ4n) is 10.5. The molecule has 0 radical (unpaired) electrons. The maximum Gasteiger partial charge on any atom is 0.156 e. The largest absolute Gasteiger partial charge is 0.319 e. The number of para-hydroxylation sites is 4. The zero-order chi connectivity index (χ0) is 34.8. The average Bonchev–Trinajstić information content (AvgIpc) is 3.58. The summed E-state index contributed by atoms with van der Waals surface area (Å²) in [7, 11) is 0. The second kappa shape index (κ2) is 12.9. The molecule has 4 fully saturated rings.